The third-order valence-electron chi connectivity index (χ3n) is 3.89. The number of esters is 1. The Bertz CT molecular complexity index is 449. The van der Waals surface area contributed by atoms with Crippen molar-refractivity contribution in [2.24, 2.45) is 5.92 Å². The lowest BCUT2D eigenvalue weighted by Gasteiger charge is -2.25. The lowest BCUT2D eigenvalue weighted by Crippen LogP contribution is -2.30. The molecule has 0 amide bonds. The predicted octanol–water partition coefficient (Wildman–Crippen LogP) is 1.49. The number of fused-ring (bicyclic) bond motifs is 1. The Morgan fingerprint density at radius 1 is 1.37 bits per heavy atom. The number of rotatable bonds is 0. The van der Waals surface area contributed by atoms with Crippen molar-refractivity contribution in [3.05, 3.63) is 36.0 Å². The summed E-state index contributed by atoms with van der Waals surface area (Å²) < 4.78 is 5.23. The molecule has 0 aromatic carbocycles. The molecule has 0 radical (unpaired) electrons. The lowest BCUT2D eigenvalue weighted by molar-refractivity contribution is -0.139. The minimum absolute atomic E-state index is 0.296. The van der Waals surface area contributed by atoms with E-state index in [2.05, 4.69) is 13.2 Å². The van der Waals surface area contributed by atoms with Gasteiger partial charge in [-0.25, -0.2) is 4.79 Å². The zero-order chi connectivity index (χ0) is 14.2. The molecule has 0 bridgehead atoms. The zero-order valence-electron chi connectivity index (χ0n) is 11.1. The van der Waals surface area contributed by atoms with Crippen molar-refractivity contribution in [3.8, 4) is 0 Å². The van der Waals surface area contributed by atoms with Crippen LogP contribution >= 0.6 is 0 Å². The van der Waals surface area contributed by atoms with Gasteiger partial charge in [-0.05, 0) is 25.3 Å². The molecule has 0 aromatic heterocycles. The van der Waals surface area contributed by atoms with E-state index in [0.717, 1.165) is 5.57 Å². The maximum Gasteiger partial charge on any atom is 0.334 e. The van der Waals surface area contributed by atoms with Crippen molar-refractivity contribution in [2.45, 2.75) is 44.5 Å². The van der Waals surface area contributed by atoms with Crippen LogP contribution in [-0.4, -0.2) is 34.5 Å². The van der Waals surface area contributed by atoms with Gasteiger partial charge in [0.05, 0.1) is 18.1 Å². The number of carbonyl (C=O) groups is 1. The summed E-state index contributed by atoms with van der Waals surface area (Å²) in [6, 6.07) is 0. The number of aliphatic hydroxyl groups excluding tert-OH is 2. The molecule has 1 aliphatic carbocycles. The van der Waals surface area contributed by atoms with Crippen molar-refractivity contribution in [2.75, 3.05) is 0 Å². The summed E-state index contributed by atoms with van der Waals surface area (Å²) in [5, 5.41) is 20.2. The first kappa shape index (κ1) is 14.0. The number of hydrogen-bond donors (Lipinski definition) is 2. The molecule has 0 aromatic rings. The highest BCUT2D eigenvalue weighted by Gasteiger charge is 2.42. The number of hydrogen-bond acceptors (Lipinski definition) is 4. The molecule has 4 atom stereocenters. The number of aliphatic hydroxyl groups is 2. The molecule has 4 heteroatoms. The van der Waals surface area contributed by atoms with E-state index in [4.69, 9.17) is 4.74 Å². The molecule has 1 aliphatic heterocycles. The Morgan fingerprint density at radius 3 is 2.74 bits per heavy atom. The van der Waals surface area contributed by atoms with E-state index in [9.17, 15) is 15.0 Å². The monoisotopic (exact) mass is 264 g/mol. The second-order valence-electron chi connectivity index (χ2n) is 5.42. The first-order valence-corrected chi connectivity index (χ1v) is 6.51. The van der Waals surface area contributed by atoms with Crippen LogP contribution in [0.5, 0.6) is 0 Å². The van der Waals surface area contributed by atoms with E-state index in [1.165, 1.54) is 0 Å². The molecule has 2 rings (SSSR count). The molecular formula is C15H20O4. The van der Waals surface area contributed by atoms with Gasteiger partial charge in [-0.3, -0.25) is 0 Å². The van der Waals surface area contributed by atoms with Crippen LogP contribution in [0.15, 0.2) is 36.0 Å². The molecule has 1 saturated heterocycles. The van der Waals surface area contributed by atoms with Crippen LogP contribution in [0.25, 0.3) is 0 Å². The summed E-state index contributed by atoms with van der Waals surface area (Å²) in [6.45, 7) is 9.47. The average molecular weight is 264 g/mol. The molecule has 104 valence electrons. The maximum absolute atomic E-state index is 11.6. The van der Waals surface area contributed by atoms with Crippen molar-refractivity contribution < 1.29 is 19.7 Å². The first-order valence-electron chi connectivity index (χ1n) is 6.51. The van der Waals surface area contributed by atoms with Gasteiger partial charge in [-0.1, -0.05) is 24.8 Å². The highest BCUT2D eigenvalue weighted by Crippen LogP contribution is 2.35. The lowest BCUT2D eigenvalue weighted by atomic mass is 9.84. The van der Waals surface area contributed by atoms with E-state index in [1.54, 1.807) is 6.08 Å². The molecule has 2 N–H and O–H groups in total. The average Bonchev–Trinajstić information content (AvgIpc) is 2.60. The summed E-state index contributed by atoms with van der Waals surface area (Å²) in [5.41, 5.74) is 1.91. The van der Waals surface area contributed by atoms with Crippen LogP contribution < -0.4 is 0 Å². The Morgan fingerprint density at radius 2 is 2.05 bits per heavy atom. The highest BCUT2D eigenvalue weighted by atomic mass is 16.6. The third kappa shape index (κ3) is 2.80. The van der Waals surface area contributed by atoms with E-state index < -0.39 is 30.2 Å². The van der Waals surface area contributed by atoms with Gasteiger partial charge in [-0.15, -0.1) is 0 Å². The van der Waals surface area contributed by atoms with Crippen LogP contribution in [0.4, 0.5) is 0 Å². The van der Waals surface area contributed by atoms with Crippen molar-refractivity contribution in [1.82, 2.24) is 0 Å². The van der Waals surface area contributed by atoms with E-state index in [1.807, 2.05) is 6.92 Å². The SMILES string of the molecule is C=C1C(=O)O[C@@H]2CC(=C)[C@H](O)CCC(C)=C[C@H](O)[C@@H]12. The van der Waals surface area contributed by atoms with Crippen LogP contribution in [0.2, 0.25) is 0 Å². The largest absolute Gasteiger partial charge is 0.458 e. The van der Waals surface area contributed by atoms with E-state index >= 15 is 0 Å². The van der Waals surface area contributed by atoms with Gasteiger partial charge in [0.1, 0.15) is 6.10 Å². The first-order chi connectivity index (χ1) is 8.90. The fourth-order valence-corrected chi connectivity index (χ4v) is 2.68. The third-order valence-corrected chi connectivity index (χ3v) is 3.89. The molecule has 0 unspecified atom stereocenters. The minimum atomic E-state index is -0.785. The number of ether oxygens (including phenoxy) is 1. The molecule has 0 spiro atoms. The standard InChI is InChI=1S/C15H20O4/c1-8-4-5-11(16)9(2)7-13-14(12(17)6-8)10(3)15(18)19-13/h6,11-14,16-17H,2-5,7H2,1H3/t11-,12+,13-,14-/m1/s1. The minimum Gasteiger partial charge on any atom is -0.458 e. The van der Waals surface area contributed by atoms with Crippen LogP contribution in [0.1, 0.15) is 26.2 Å². The van der Waals surface area contributed by atoms with E-state index in [-0.39, 0.29) is 0 Å². The Kier molecular flexibility index (Phi) is 3.92. The summed E-state index contributed by atoms with van der Waals surface area (Å²) in [5.74, 6) is -0.925. The van der Waals surface area contributed by atoms with Crippen LogP contribution in [-0.2, 0) is 9.53 Å². The van der Waals surface area contributed by atoms with Gasteiger partial charge >= 0.3 is 5.97 Å². The number of allylic oxidation sites excluding steroid dienone is 1. The molecule has 0 saturated carbocycles. The second-order valence-corrected chi connectivity index (χ2v) is 5.42. The Balaban J connectivity index is 2.33. The topological polar surface area (TPSA) is 66.8 Å². The fraction of sp³-hybridized carbons (Fsp3) is 0.533. The summed E-state index contributed by atoms with van der Waals surface area (Å²) >= 11 is 0. The maximum atomic E-state index is 11.6. The van der Waals surface area contributed by atoms with Gasteiger partial charge in [0.2, 0.25) is 0 Å². The van der Waals surface area contributed by atoms with Gasteiger partial charge in [0, 0.05) is 12.0 Å². The van der Waals surface area contributed by atoms with Crippen LogP contribution in [0.3, 0.4) is 0 Å². The van der Waals surface area contributed by atoms with Gasteiger partial charge < -0.3 is 14.9 Å². The van der Waals surface area contributed by atoms with Gasteiger partial charge in [0.15, 0.2) is 0 Å². The molecule has 4 nitrogen and oxygen atoms in total. The number of carbonyl (C=O) groups excluding carboxylic acids is 1. The van der Waals surface area contributed by atoms with Crippen molar-refractivity contribution in [3.63, 3.8) is 0 Å². The predicted molar refractivity (Wildman–Crippen MR) is 71.3 cm³/mol. The Hall–Kier alpha value is -1.39. The zero-order valence-corrected chi connectivity index (χ0v) is 11.1. The van der Waals surface area contributed by atoms with Crippen molar-refractivity contribution >= 4 is 5.97 Å². The van der Waals surface area contributed by atoms with E-state index in [0.29, 0.717) is 30.4 Å². The van der Waals surface area contributed by atoms with Gasteiger partial charge in [-0.2, -0.15) is 0 Å². The van der Waals surface area contributed by atoms with Crippen LogP contribution in [0, 0.1) is 5.92 Å². The summed E-state index contributed by atoms with van der Waals surface area (Å²) in [6.07, 6.45) is 1.47. The highest BCUT2D eigenvalue weighted by molar-refractivity contribution is 5.91. The van der Waals surface area contributed by atoms with Gasteiger partial charge in [0.25, 0.3) is 0 Å². The van der Waals surface area contributed by atoms with Crippen molar-refractivity contribution in [1.29, 1.82) is 0 Å². The quantitative estimate of drug-likeness (QED) is 0.395. The molecular weight excluding hydrogens is 244 g/mol. The smallest absolute Gasteiger partial charge is 0.334 e. The summed E-state index contributed by atoms with van der Waals surface area (Å²) in [7, 11) is 0. The second kappa shape index (κ2) is 5.31. The summed E-state index contributed by atoms with van der Waals surface area (Å²) in [4.78, 5) is 11.6. The molecule has 19 heavy (non-hydrogen) atoms. The Labute approximate surface area is 113 Å². The molecule has 1 fully saturated rings. The molecule has 1 heterocycles. The molecule has 2 aliphatic rings. The fourth-order valence-electron chi connectivity index (χ4n) is 2.68. The normalized spacial score (nSPS) is 36.6.